The van der Waals surface area contributed by atoms with Crippen molar-refractivity contribution in [3.63, 3.8) is 0 Å². The van der Waals surface area contributed by atoms with Gasteiger partial charge < -0.3 is 4.74 Å². The van der Waals surface area contributed by atoms with E-state index in [-0.39, 0.29) is 0 Å². The Labute approximate surface area is 93.1 Å². The van der Waals surface area contributed by atoms with Crippen molar-refractivity contribution in [1.29, 1.82) is 10.5 Å². The van der Waals surface area contributed by atoms with Gasteiger partial charge >= 0.3 is 0 Å². The van der Waals surface area contributed by atoms with Crippen LogP contribution in [0.5, 0.6) is 5.75 Å². The molecule has 0 N–H and O–H groups in total. The molecular weight excluding hydrogens is 200 g/mol. The van der Waals surface area contributed by atoms with Gasteiger partial charge in [-0.05, 0) is 12.1 Å². The van der Waals surface area contributed by atoms with Crippen molar-refractivity contribution in [2.45, 2.75) is 0 Å². The van der Waals surface area contributed by atoms with Gasteiger partial charge in [0.05, 0.1) is 24.3 Å². The molecule has 0 aliphatic rings. The van der Waals surface area contributed by atoms with E-state index >= 15 is 0 Å². The molecule has 2 aromatic rings. The normalized spacial score (nSPS) is 9.44. The zero-order valence-corrected chi connectivity index (χ0v) is 8.69. The van der Waals surface area contributed by atoms with E-state index < -0.39 is 0 Å². The number of rotatable bonds is 1. The molecule has 0 saturated carbocycles. The predicted octanol–water partition coefficient (Wildman–Crippen LogP) is 2.59. The number of methoxy groups -OCH3 is 1. The fraction of sp³-hybridized carbons (Fsp3) is 0.0769. The van der Waals surface area contributed by atoms with Gasteiger partial charge in [-0.1, -0.05) is 18.2 Å². The van der Waals surface area contributed by atoms with Crippen LogP contribution in [0.2, 0.25) is 0 Å². The maximum atomic E-state index is 8.97. The SMILES string of the molecule is COc1c(C#N)ccc2c(C#N)cccc12. The molecule has 76 valence electrons. The van der Waals surface area contributed by atoms with E-state index in [1.165, 1.54) is 7.11 Å². The minimum Gasteiger partial charge on any atom is -0.495 e. The largest absolute Gasteiger partial charge is 0.495 e. The van der Waals surface area contributed by atoms with E-state index in [4.69, 9.17) is 15.3 Å². The Morgan fingerprint density at radius 2 is 1.69 bits per heavy atom. The average molecular weight is 208 g/mol. The zero-order chi connectivity index (χ0) is 11.5. The minimum absolute atomic E-state index is 0.477. The molecule has 0 atom stereocenters. The van der Waals surface area contributed by atoms with Gasteiger partial charge in [0, 0.05) is 10.8 Å². The van der Waals surface area contributed by atoms with Crippen LogP contribution in [0, 0.1) is 22.7 Å². The highest BCUT2D eigenvalue weighted by molar-refractivity contribution is 5.94. The summed E-state index contributed by atoms with van der Waals surface area (Å²) < 4.78 is 5.22. The molecule has 0 spiro atoms. The standard InChI is InChI=1S/C13H8N2O/c1-16-13-10(8-15)5-6-11-9(7-14)3-2-4-12(11)13/h2-6H,1H3. The second-order valence-corrected chi connectivity index (χ2v) is 3.27. The Balaban J connectivity index is 2.92. The van der Waals surface area contributed by atoms with Crippen molar-refractivity contribution in [2.75, 3.05) is 7.11 Å². The summed E-state index contributed by atoms with van der Waals surface area (Å²) in [7, 11) is 1.52. The van der Waals surface area contributed by atoms with Crippen molar-refractivity contribution in [1.82, 2.24) is 0 Å². The molecule has 0 fully saturated rings. The molecule has 2 aromatic carbocycles. The maximum Gasteiger partial charge on any atom is 0.144 e. The Morgan fingerprint density at radius 3 is 2.31 bits per heavy atom. The Morgan fingerprint density at radius 1 is 0.938 bits per heavy atom. The number of hydrogen-bond acceptors (Lipinski definition) is 3. The van der Waals surface area contributed by atoms with Crippen LogP contribution in [0.25, 0.3) is 10.8 Å². The van der Waals surface area contributed by atoms with Gasteiger partial charge in [0.15, 0.2) is 0 Å². The topological polar surface area (TPSA) is 56.8 Å². The van der Waals surface area contributed by atoms with Gasteiger partial charge in [0.2, 0.25) is 0 Å². The third-order valence-corrected chi connectivity index (χ3v) is 2.46. The molecule has 0 aliphatic heterocycles. The van der Waals surface area contributed by atoms with E-state index in [1.807, 2.05) is 6.07 Å². The number of nitriles is 2. The van der Waals surface area contributed by atoms with Crippen LogP contribution in [-0.2, 0) is 0 Å². The third kappa shape index (κ3) is 1.36. The molecule has 0 heterocycles. The highest BCUT2D eigenvalue weighted by Crippen LogP contribution is 2.30. The van der Waals surface area contributed by atoms with Crippen LogP contribution in [0.4, 0.5) is 0 Å². The number of ether oxygens (including phenoxy) is 1. The van der Waals surface area contributed by atoms with E-state index in [1.54, 1.807) is 24.3 Å². The summed E-state index contributed by atoms with van der Waals surface area (Å²) in [6.45, 7) is 0. The average Bonchev–Trinajstić information content (AvgIpc) is 2.36. The summed E-state index contributed by atoms with van der Waals surface area (Å²) in [4.78, 5) is 0. The molecule has 0 bridgehead atoms. The summed E-state index contributed by atoms with van der Waals surface area (Å²) in [5, 5.41) is 19.5. The van der Waals surface area contributed by atoms with Crippen LogP contribution in [0.15, 0.2) is 30.3 Å². The van der Waals surface area contributed by atoms with Crippen LogP contribution >= 0.6 is 0 Å². The number of nitrogens with zero attached hydrogens (tertiary/aromatic N) is 2. The van der Waals surface area contributed by atoms with Crippen molar-refractivity contribution in [2.24, 2.45) is 0 Å². The highest BCUT2D eigenvalue weighted by atomic mass is 16.5. The fourth-order valence-electron chi connectivity index (χ4n) is 1.74. The molecule has 3 heteroatoms. The number of benzene rings is 2. The van der Waals surface area contributed by atoms with Gasteiger partial charge in [-0.2, -0.15) is 10.5 Å². The van der Waals surface area contributed by atoms with Crippen LogP contribution in [0.1, 0.15) is 11.1 Å². The molecule has 3 nitrogen and oxygen atoms in total. The minimum atomic E-state index is 0.477. The van der Waals surface area contributed by atoms with Crippen molar-refractivity contribution in [3.8, 4) is 17.9 Å². The second-order valence-electron chi connectivity index (χ2n) is 3.27. The van der Waals surface area contributed by atoms with E-state index in [0.717, 1.165) is 10.8 Å². The lowest BCUT2D eigenvalue weighted by molar-refractivity contribution is 0.418. The summed E-state index contributed by atoms with van der Waals surface area (Å²) in [6.07, 6.45) is 0. The van der Waals surface area contributed by atoms with Crippen LogP contribution in [0.3, 0.4) is 0 Å². The summed E-state index contributed by atoms with van der Waals surface area (Å²) in [5.74, 6) is 0.525. The summed E-state index contributed by atoms with van der Waals surface area (Å²) in [6, 6.07) is 13.0. The molecule has 0 amide bonds. The fourth-order valence-corrected chi connectivity index (χ4v) is 1.74. The first-order valence-corrected chi connectivity index (χ1v) is 4.71. The third-order valence-electron chi connectivity index (χ3n) is 2.46. The maximum absolute atomic E-state index is 8.97. The molecule has 0 unspecified atom stereocenters. The molecule has 2 rings (SSSR count). The first-order valence-electron chi connectivity index (χ1n) is 4.71. The quantitative estimate of drug-likeness (QED) is 0.723. The Bertz CT molecular complexity index is 633. The first kappa shape index (κ1) is 10.0. The number of hydrogen-bond donors (Lipinski definition) is 0. The van der Waals surface area contributed by atoms with Crippen molar-refractivity contribution < 1.29 is 4.74 Å². The molecule has 16 heavy (non-hydrogen) atoms. The van der Waals surface area contributed by atoms with Crippen molar-refractivity contribution >= 4 is 10.8 Å². The first-order chi connectivity index (χ1) is 7.81. The monoisotopic (exact) mass is 208 g/mol. The van der Waals surface area contributed by atoms with E-state index in [2.05, 4.69) is 12.1 Å². The van der Waals surface area contributed by atoms with Crippen LogP contribution < -0.4 is 4.74 Å². The van der Waals surface area contributed by atoms with E-state index in [0.29, 0.717) is 16.9 Å². The van der Waals surface area contributed by atoms with Gasteiger partial charge in [0.25, 0.3) is 0 Å². The molecule has 0 aliphatic carbocycles. The summed E-state index contributed by atoms with van der Waals surface area (Å²) in [5.41, 5.74) is 1.06. The lowest BCUT2D eigenvalue weighted by Gasteiger charge is -2.07. The van der Waals surface area contributed by atoms with Crippen molar-refractivity contribution in [3.05, 3.63) is 41.5 Å². The van der Waals surface area contributed by atoms with Gasteiger partial charge in [-0.3, -0.25) is 0 Å². The second kappa shape index (κ2) is 3.92. The number of fused-ring (bicyclic) bond motifs is 1. The lowest BCUT2D eigenvalue weighted by atomic mass is 10.0. The molecule has 0 radical (unpaired) electrons. The molecule has 0 aromatic heterocycles. The van der Waals surface area contributed by atoms with Gasteiger partial charge in [0.1, 0.15) is 11.8 Å². The summed E-state index contributed by atoms with van der Waals surface area (Å²) >= 11 is 0. The Kier molecular flexibility index (Phi) is 2.45. The molecular formula is C13H8N2O. The van der Waals surface area contributed by atoms with Gasteiger partial charge in [-0.25, -0.2) is 0 Å². The lowest BCUT2D eigenvalue weighted by Crippen LogP contribution is -1.90. The zero-order valence-electron chi connectivity index (χ0n) is 8.69. The van der Waals surface area contributed by atoms with E-state index in [9.17, 15) is 0 Å². The highest BCUT2D eigenvalue weighted by Gasteiger charge is 2.09. The Hall–Kier alpha value is -2.52. The smallest absolute Gasteiger partial charge is 0.144 e. The van der Waals surface area contributed by atoms with Crippen LogP contribution in [-0.4, -0.2) is 7.11 Å². The molecule has 0 saturated heterocycles. The predicted molar refractivity (Wildman–Crippen MR) is 59.9 cm³/mol. The van der Waals surface area contributed by atoms with Gasteiger partial charge in [-0.15, -0.1) is 0 Å².